The highest BCUT2D eigenvalue weighted by atomic mass is 15.3. The van der Waals surface area contributed by atoms with Gasteiger partial charge in [-0.1, -0.05) is 38.1 Å². The first kappa shape index (κ1) is 10.7. The highest BCUT2D eigenvalue weighted by molar-refractivity contribution is 5.72. The Bertz CT molecular complexity index is 461. The average Bonchev–Trinajstić information content (AvgIpc) is 2.59. The summed E-state index contributed by atoms with van der Waals surface area (Å²) in [4.78, 5) is 0. The van der Waals surface area contributed by atoms with Crippen LogP contribution in [0.5, 0.6) is 0 Å². The van der Waals surface area contributed by atoms with Gasteiger partial charge in [-0.15, -0.1) is 0 Å². The van der Waals surface area contributed by atoms with Gasteiger partial charge in [-0.2, -0.15) is 5.10 Å². The van der Waals surface area contributed by atoms with E-state index in [0.29, 0.717) is 5.92 Å². The maximum Gasteiger partial charge on any atom is 0.0908 e. The van der Waals surface area contributed by atoms with Gasteiger partial charge < -0.3 is 5.73 Å². The summed E-state index contributed by atoms with van der Waals surface area (Å²) in [5.41, 5.74) is 10.0. The van der Waals surface area contributed by atoms with Crippen molar-refractivity contribution in [2.24, 2.45) is 7.05 Å². The van der Waals surface area contributed by atoms with Gasteiger partial charge in [0.1, 0.15) is 0 Å². The van der Waals surface area contributed by atoms with Crippen LogP contribution in [0.1, 0.15) is 25.3 Å². The Morgan fingerprint density at radius 1 is 1.19 bits per heavy atom. The summed E-state index contributed by atoms with van der Waals surface area (Å²) in [6.45, 7) is 4.38. The van der Waals surface area contributed by atoms with Gasteiger partial charge in [-0.25, -0.2) is 0 Å². The van der Waals surface area contributed by atoms with Crippen LogP contribution in [0.3, 0.4) is 0 Å². The molecule has 2 N–H and O–H groups in total. The van der Waals surface area contributed by atoms with E-state index in [0.717, 1.165) is 16.9 Å². The number of rotatable bonds is 2. The summed E-state index contributed by atoms with van der Waals surface area (Å²) in [5.74, 6) is 0.554. The molecule has 1 aromatic carbocycles. The van der Waals surface area contributed by atoms with E-state index < -0.39 is 0 Å². The van der Waals surface area contributed by atoms with Crippen LogP contribution in [0.25, 0.3) is 11.3 Å². The fraction of sp³-hybridized carbons (Fsp3) is 0.308. The molecular formula is C13H17N3. The number of hydrogen-bond donors (Lipinski definition) is 1. The van der Waals surface area contributed by atoms with Gasteiger partial charge in [0, 0.05) is 12.6 Å². The molecule has 0 bridgehead atoms. The third-order valence-corrected chi connectivity index (χ3v) is 2.82. The fourth-order valence-corrected chi connectivity index (χ4v) is 1.83. The Morgan fingerprint density at radius 2 is 1.81 bits per heavy atom. The van der Waals surface area contributed by atoms with E-state index in [1.807, 2.05) is 7.05 Å². The van der Waals surface area contributed by atoms with E-state index in [9.17, 15) is 0 Å². The third-order valence-electron chi connectivity index (χ3n) is 2.82. The molecule has 0 aliphatic carbocycles. The van der Waals surface area contributed by atoms with Crippen molar-refractivity contribution in [3.63, 3.8) is 0 Å². The first-order valence-electron chi connectivity index (χ1n) is 5.47. The lowest BCUT2D eigenvalue weighted by atomic mass is 10.0. The van der Waals surface area contributed by atoms with Crippen LogP contribution in [-0.2, 0) is 7.05 Å². The van der Waals surface area contributed by atoms with Crippen LogP contribution >= 0.6 is 0 Å². The molecule has 16 heavy (non-hydrogen) atoms. The zero-order chi connectivity index (χ0) is 11.7. The van der Waals surface area contributed by atoms with Crippen molar-refractivity contribution in [1.29, 1.82) is 0 Å². The van der Waals surface area contributed by atoms with Gasteiger partial charge in [0.15, 0.2) is 0 Å². The predicted octanol–water partition coefficient (Wildman–Crippen LogP) is 2.79. The molecule has 0 atom stereocenters. The van der Waals surface area contributed by atoms with E-state index in [1.165, 1.54) is 5.56 Å². The SMILES string of the molecule is CC(C)c1ccc(-c2c(N)cnn2C)cc1. The first-order valence-corrected chi connectivity index (χ1v) is 5.47. The van der Waals surface area contributed by atoms with Crippen LogP contribution in [0.15, 0.2) is 30.5 Å². The highest BCUT2D eigenvalue weighted by Gasteiger charge is 2.08. The quantitative estimate of drug-likeness (QED) is 0.837. The molecule has 3 heteroatoms. The highest BCUT2D eigenvalue weighted by Crippen LogP contribution is 2.26. The minimum atomic E-state index is 0.554. The van der Waals surface area contributed by atoms with Crippen LogP contribution in [0.4, 0.5) is 5.69 Å². The fourth-order valence-electron chi connectivity index (χ4n) is 1.83. The summed E-state index contributed by atoms with van der Waals surface area (Å²) in [6.07, 6.45) is 1.69. The third kappa shape index (κ3) is 1.81. The number of benzene rings is 1. The molecule has 0 aliphatic rings. The van der Waals surface area contributed by atoms with Crippen molar-refractivity contribution in [3.8, 4) is 11.3 Å². The Morgan fingerprint density at radius 3 is 2.25 bits per heavy atom. The van der Waals surface area contributed by atoms with Crippen molar-refractivity contribution in [2.75, 3.05) is 5.73 Å². The summed E-state index contributed by atoms with van der Waals surface area (Å²) >= 11 is 0. The monoisotopic (exact) mass is 215 g/mol. The van der Waals surface area contributed by atoms with E-state index >= 15 is 0 Å². The summed E-state index contributed by atoms with van der Waals surface area (Å²) < 4.78 is 1.81. The molecule has 0 spiro atoms. The number of nitrogen functional groups attached to an aromatic ring is 1. The minimum Gasteiger partial charge on any atom is -0.396 e. The molecule has 0 fully saturated rings. The molecule has 2 rings (SSSR count). The first-order chi connectivity index (χ1) is 7.59. The molecule has 1 aromatic heterocycles. The molecule has 0 unspecified atom stereocenters. The number of aryl methyl sites for hydroxylation is 1. The molecule has 0 aliphatic heterocycles. The molecule has 0 saturated heterocycles. The number of anilines is 1. The molecule has 3 nitrogen and oxygen atoms in total. The molecule has 2 aromatic rings. The lowest BCUT2D eigenvalue weighted by Crippen LogP contribution is -1.96. The molecule has 1 heterocycles. The van der Waals surface area contributed by atoms with E-state index in [-0.39, 0.29) is 0 Å². The Balaban J connectivity index is 2.42. The number of nitrogens with two attached hydrogens (primary N) is 1. The second kappa shape index (κ2) is 4.00. The Kier molecular flexibility index (Phi) is 2.69. The van der Waals surface area contributed by atoms with Crippen molar-refractivity contribution >= 4 is 5.69 Å². The standard InChI is InChI=1S/C13H17N3/c1-9(2)10-4-6-11(7-5-10)13-12(14)8-15-16(13)3/h4-9H,14H2,1-3H3. The number of aromatic nitrogens is 2. The zero-order valence-electron chi connectivity index (χ0n) is 9.94. The number of hydrogen-bond acceptors (Lipinski definition) is 2. The molecule has 0 radical (unpaired) electrons. The maximum atomic E-state index is 5.89. The van der Waals surface area contributed by atoms with Gasteiger partial charge in [-0.3, -0.25) is 4.68 Å². The van der Waals surface area contributed by atoms with Gasteiger partial charge >= 0.3 is 0 Å². The van der Waals surface area contributed by atoms with Gasteiger partial charge in [0.2, 0.25) is 0 Å². The smallest absolute Gasteiger partial charge is 0.0908 e. The second-order valence-electron chi connectivity index (χ2n) is 4.35. The zero-order valence-corrected chi connectivity index (χ0v) is 9.94. The van der Waals surface area contributed by atoms with Gasteiger partial charge in [-0.05, 0) is 11.5 Å². The van der Waals surface area contributed by atoms with Crippen molar-refractivity contribution in [1.82, 2.24) is 9.78 Å². The summed E-state index contributed by atoms with van der Waals surface area (Å²) in [5, 5.41) is 4.14. The van der Waals surface area contributed by atoms with Crippen molar-refractivity contribution in [2.45, 2.75) is 19.8 Å². The normalized spacial score (nSPS) is 11.0. The summed E-state index contributed by atoms with van der Waals surface area (Å²) in [7, 11) is 1.90. The maximum absolute atomic E-state index is 5.89. The molecule has 0 amide bonds. The summed E-state index contributed by atoms with van der Waals surface area (Å²) in [6, 6.07) is 8.49. The lowest BCUT2D eigenvalue weighted by Gasteiger charge is -2.08. The van der Waals surface area contributed by atoms with E-state index in [1.54, 1.807) is 10.9 Å². The lowest BCUT2D eigenvalue weighted by molar-refractivity contribution is 0.776. The molecular weight excluding hydrogens is 198 g/mol. The van der Waals surface area contributed by atoms with Crippen LogP contribution in [0.2, 0.25) is 0 Å². The Hall–Kier alpha value is -1.77. The topological polar surface area (TPSA) is 43.8 Å². The van der Waals surface area contributed by atoms with Crippen LogP contribution in [0, 0.1) is 0 Å². The minimum absolute atomic E-state index is 0.554. The predicted molar refractivity (Wildman–Crippen MR) is 67.1 cm³/mol. The van der Waals surface area contributed by atoms with E-state index in [2.05, 4.69) is 43.2 Å². The largest absolute Gasteiger partial charge is 0.396 e. The van der Waals surface area contributed by atoms with Crippen LogP contribution in [-0.4, -0.2) is 9.78 Å². The number of nitrogens with zero attached hydrogens (tertiary/aromatic N) is 2. The Labute approximate surface area is 95.9 Å². The average molecular weight is 215 g/mol. The molecule has 84 valence electrons. The van der Waals surface area contributed by atoms with Crippen molar-refractivity contribution in [3.05, 3.63) is 36.0 Å². The van der Waals surface area contributed by atoms with Crippen molar-refractivity contribution < 1.29 is 0 Å². The van der Waals surface area contributed by atoms with Crippen LogP contribution < -0.4 is 5.73 Å². The van der Waals surface area contributed by atoms with E-state index in [4.69, 9.17) is 5.73 Å². The van der Waals surface area contributed by atoms with Gasteiger partial charge in [0.25, 0.3) is 0 Å². The molecule has 0 saturated carbocycles. The second-order valence-corrected chi connectivity index (χ2v) is 4.35. The van der Waals surface area contributed by atoms with Gasteiger partial charge in [0.05, 0.1) is 17.6 Å².